The minimum absolute atomic E-state index is 0.0319. The standard InChI is InChI=1S/C36H41N3O3/c1-24-15-17-30(18-16-24)26(3)37-23-34(40)33(21-28-11-7-5-8-12-28)39-36(42)32-20-25(2)19-31(22-32)35(41)38-27(4)29-13-9-6-10-14-29/h5-20,22,26-27,33-34,37,40H,21,23H2,1-4H3,(H,38,41)(H,39,42)/t26-,27+,33+,34-/m1/s1. The lowest BCUT2D eigenvalue weighted by molar-refractivity contribution is 0.0825. The molecule has 2 amide bonds. The maximum atomic E-state index is 13.5. The second-order valence-corrected chi connectivity index (χ2v) is 11.1. The Morgan fingerprint density at radius 1 is 0.667 bits per heavy atom. The van der Waals surface area contributed by atoms with Gasteiger partial charge in [0.1, 0.15) is 0 Å². The molecule has 0 aromatic heterocycles. The van der Waals surface area contributed by atoms with Crippen LogP contribution in [0.3, 0.4) is 0 Å². The summed E-state index contributed by atoms with van der Waals surface area (Å²) < 4.78 is 0. The van der Waals surface area contributed by atoms with E-state index in [1.165, 1.54) is 5.56 Å². The SMILES string of the molecule is Cc1ccc([C@@H](C)NC[C@@H](O)[C@H](Cc2ccccc2)NC(=O)c2cc(C)cc(C(=O)N[C@@H](C)c3ccccc3)c2)cc1. The molecule has 0 bridgehead atoms. The number of rotatable bonds is 12. The van der Waals surface area contributed by atoms with Crippen LogP contribution in [0.4, 0.5) is 0 Å². The molecular formula is C36H41N3O3. The normalized spacial score (nSPS) is 13.9. The molecule has 0 unspecified atom stereocenters. The maximum Gasteiger partial charge on any atom is 0.251 e. The van der Waals surface area contributed by atoms with Gasteiger partial charge in [0.05, 0.1) is 18.2 Å². The number of aliphatic hydroxyl groups excluding tert-OH is 1. The number of aliphatic hydroxyl groups is 1. The molecular weight excluding hydrogens is 522 g/mol. The highest BCUT2D eigenvalue weighted by molar-refractivity contribution is 6.00. The quantitative estimate of drug-likeness (QED) is 0.174. The molecule has 4 aromatic carbocycles. The van der Waals surface area contributed by atoms with Crippen LogP contribution in [-0.4, -0.2) is 35.6 Å². The molecule has 0 heterocycles. The minimum atomic E-state index is -0.846. The molecule has 0 spiro atoms. The van der Waals surface area contributed by atoms with Crippen molar-refractivity contribution >= 4 is 11.8 Å². The van der Waals surface area contributed by atoms with Gasteiger partial charge in [-0.05, 0) is 74.6 Å². The largest absolute Gasteiger partial charge is 0.390 e. The van der Waals surface area contributed by atoms with Crippen molar-refractivity contribution in [2.45, 2.75) is 58.3 Å². The first-order valence-electron chi connectivity index (χ1n) is 14.5. The molecule has 0 aliphatic heterocycles. The number of amides is 2. The Balaban J connectivity index is 1.47. The number of carbonyl (C=O) groups excluding carboxylic acids is 2. The van der Waals surface area contributed by atoms with Gasteiger partial charge in [0.2, 0.25) is 0 Å². The number of aryl methyl sites for hydroxylation is 2. The second-order valence-electron chi connectivity index (χ2n) is 11.1. The van der Waals surface area contributed by atoms with Crippen molar-refractivity contribution in [3.63, 3.8) is 0 Å². The van der Waals surface area contributed by atoms with Crippen molar-refractivity contribution < 1.29 is 14.7 Å². The molecule has 0 saturated carbocycles. The summed E-state index contributed by atoms with van der Waals surface area (Å²) in [7, 11) is 0. The molecule has 0 fully saturated rings. The molecule has 4 atom stereocenters. The van der Waals surface area contributed by atoms with Crippen LogP contribution >= 0.6 is 0 Å². The Labute approximate surface area is 249 Å². The highest BCUT2D eigenvalue weighted by atomic mass is 16.3. The minimum Gasteiger partial charge on any atom is -0.390 e. The number of carbonyl (C=O) groups is 2. The van der Waals surface area contributed by atoms with E-state index < -0.39 is 12.1 Å². The van der Waals surface area contributed by atoms with Crippen LogP contribution in [-0.2, 0) is 6.42 Å². The Morgan fingerprint density at radius 3 is 1.83 bits per heavy atom. The summed E-state index contributed by atoms with van der Waals surface area (Å²) in [6.45, 7) is 8.20. The molecule has 42 heavy (non-hydrogen) atoms. The van der Waals surface area contributed by atoms with Crippen LogP contribution in [0.15, 0.2) is 103 Å². The predicted molar refractivity (Wildman–Crippen MR) is 169 cm³/mol. The van der Waals surface area contributed by atoms with Gasteiger partial charge in [-0.2, -0.15) is 0 Å². The Kier molecular flexibility index (Phi) is 10.7. The van der Waals surface area contributed by atoms with Gasteiger partial charge in [-0.25, -0.2) is 0 Å². The predicted octanol–water partition coefficient (Wildman–Crippen LogP) is 5.85. The molecule has 6 nitrogen and oxygen atoms in total. The highest BCUT2D eigenvalue weighted by Crippen LogP contribution is 2.17. The Hall–Kier alpha value is -4.26. The van der Waals surface area contributed by atoms with E-state index in [1.54, 1.807) is 18.2 Å². The van der Waals surface area contributed by atoms with E-state index in [9.17, 15) is 14.7 Å². The molecule has 0 aliphatic rings. The van der Waals surface area contributed by atoms with Gasteiger partial charge in [0, 0.05) is 23.7 Å². The lowest BCUT2D eigenvalue weighted by Crippen LogP contribution is -2.49. The van der Waals surface area contributed by atoms with E-state index in [4.69, 9.17) is 0 Å². The maximum absolute atomic E-state index is 13.5. The summed E-state index contributed by atoms with van der Waals surface area (Å²) in [5, 5.41) is 20.8. The summed E-state index contributed by atoms with van der Waals surface area (Å²) in [6.07, 6.45) is -0.386. The molecule has 4 N–H and O–H groups in total. The number of hydrogen-bond acceptors (Lipinski definition) is 4. The van der Waals surface area contributed by atoms with Gasteiger partial charge in [0.25, 0.3) is 11.8 Å². The topological polar surface area (TPSA) is 90.5 Å². The summed E-state index contributed by atoms with van der Waals surface area (Å²) >= 11 is 0. The fourth-order valence-corrected chi connectivity index (χ4v) is 4.97. The third-order valence-electron chi connectivity index (χ3n) is 7.54. The van der Waals surface area contributed by atoms with Crippen LogP contribution in [0.2, 0.25) is 0 Å². The highest BCUT2D eigenvalue weighted by Gasteiger charge is 2.24. The summed E-state index contributed by atoms with van der Waals surface area (Å²) in [5.74, 6) is -0.588. The van der Waals surface area contributed by atoms with Crippen molar-refractivity contribution in [1.29, 1.82) is 0 Å². The lowest BCUT2D eigenvalue weighted by atomic mass is 9.99. The zero-order chi connectivity index (χ0) is 30.1. The first kappa shape index (κ1) is 30.7. The van der Waals surface area contributed by atoms with E-state index >= 15 is 0 Å². The van der Waals surface area contributed by atoms with Crippen LogP contribution in [0.1, 0.15) is 74.5 Å². The molecule has 218 valence electrons. The smallest absolute Gasteiger partial charge is 0.251 e. The molecule has 0 radical (unpaired) electrons. The van der Waals surface area contributed by atoms with Crippen molar-refractivity contribution in [3.05, 3.63) is 142 Å². The van der Waals surface area contributed by atoms with Gasteiger partial charge in [-0.15, -0.1) is 0 Å². The van der Waals surface area contributed by atoms with Gasteiger partial charge >= 0.3 is 0 Å². The monoisotopic (exact) mass is 563 g/mol. The molecule has 0 aliphatic carbocycles. The second kappa shape index (κ2) is 14.6. The number of nitrogens with one attached hydrogen (secondary N) is 3. The first-order valence-corrected chi connectivity index (χ1v) is 14.5. The Bertz CT molecular complexity index is 1460. The zero-order valence-electron chi connectivity index (χ0n) is 24.8. The van der Waals surface area contributed by atoms with E-state index in [1.807, 2.05) is 74.5 Å². The van der Waals surface area contributed by atoms with Gasteiger partial charge in [-0.1, -0.05) is 90.5 Å². The van der Waals surface area contributed by atoms with Crippen LogP contribution < -0.4 is 16.0 Å². The number of hydrogen-bond donors (Lipinski definition) is 4. The van der Waals surface area contributed by atoms with Gasteiger partial charge in [-0.3, -0.25) is 9.59 Å². The average molecular weight is 564 g/mol. The molecule has 4 aromatic rings. The average Bonchev–Trinajstić information content (AvgIpc) is 3.00. The molecule has 0 saturated heterocycles. The van der Waals surface area contributed by atoms with Crippen molar-refractivity contribution in [3.8, 4) is 0 Å². The lowest BCUT2D eigenvalue weighted by Gasteiger charge is -2.26. The van der Waals surface area contributed by atoms with Crippen LogP contribution in [0.5, 0.6) is 0 Å². The molecule has 6 heteroatoms. The Morgan fingerprint density at radius 2 is 1.21 bits per heavy atom. The van der Waals surface area contributed by atoms with Crippen molar-refractivity contribution in [2.24, 2.45) is 0 Å². The first-order chi connectivity index (χ1) is 20.2. The third kappa shape index (κ3) is 8.62. The van der Waals surface area contributed by atoms with E-state index in [-0.39, 0.29) is 23.9 Å². The van der Waals surface area contributed by atoms with E-state index in [2.05, 4.69) is 54.1 Å². The zero-order valence-corrected chi connectivity index (χ0v) is 24.8. The van der Waals surface area contributed by atoms with Crippen molar-refractivity contribution in [1.82, 2.24) is 16.0 Å². The van der Waals surface area contributed by atoms with Crippen molar-refractivity contribution in [2.75, 3.05) is 6.54 Å². The van der Waals surface area contributed by atoms with Gasteiger partial charge < -0.3 is 21.1 Å². The fourth-order valence-electron chi connectivity index (χ4n) is 4.97. The summed E-state index contributed by atoms with van der Waals surface area (Å²) in [5.41, 5.74) is 5.92. The fraction of sp³-hybridized carbons (Fsp3) is 0.278. The summed E-state index contributed by atoms with van der Waals surface area (Å²) in [6, 6.07) is 32.3. The van der Waals surface area contributed by atoms with Gasteiger partial charge in [0.15, 0.2) is 0 Å². The number of benzene rings is 4. The van der Waals surface area contributed by atoms with Crippen LogP contribution in [0, 0.1) is 13.8 Å². The van der Waals surface area contributed by atoms with E-state index in [0.717, 1.165) is 22.3 Å². The van der Waals surface area contributed by atoms with E-state index in [0.29, 0.717) is 24.1 Å². The van der Waals surface area contributed by atoms with Crippen LogP contribution in [0.25, 0.3) is 0 Å². The summed E-state index contributed by atoms with van der Waals surface area (Å²) in [4.78, 5) is 26.7. The third-order valence-corrected chi connectivity index (χ3v) is 7.54. The molecule has 4 rings (SSSR count).